The second-order valence-electron chi connectivity index (χ2n) is 8.68. The van der Waals surface area contributed by atoms with E-state index in [0.717, 1.165) is 24.2 Å². The van der Waals surface area contributed by atoms with E-state index in [-0.39, 0.29) is 16.8 Å². The molecule has 3 aromatic carbocycles. The second kappa shape index (κ2) is 11.0. The summed E-state index contributed by atoms with van der Waals surface area (Å²) in [5.74, 6) is -0.246. The van der Waals surface area contributed by atoms with Crippen LogP contribution in [-0.4, -0.2) is 59.1 Å². The van der Waals surface area contributed by atoms with Crippen molar-refractivity contribution in [1.82, 2.24) is 10.2 Å². The van der Waals surface area contributed by atoms with Gasteiger partial charge < -0.3 is 10.1 Å². The van der Waals surface area contributed by atoms with E-state index >= 15 is 0 Å². The van der Waals surface area contributed by atoms with Gasteiger partial charge in [-0.2, -0.15) is 0 Å². The van der Waals surface area contributed by atoms with Gasteiger partial charge in [-0.1, -0.05) is 48.0 Å². The van der Waals surface area contributed by atoms with E-state index < -0.39 is 10.0 Å². The Morgan fingerprint density at radius 2 is 1.60 bits per heavy atom. The number of carbonyl (C=O) groups is 1. The minimum Gasteiger partial charge on any atom is -0.379 e. The molecular weight excluding hydrogens is 462 g/mol. The number of carbonyl (C=O) groups excluding carboxylic acids is 1. The van der Waals surface area contributed by atoms with Gasteiger partial charge in [0.1, 0.15) is 0 Å². The summed E-state index contributed by atoms with van der Waals surface area (Å²) in [5.41, 5.74) is 3.16. The molecule has 1 heterocycles. The number of hydrogen-bond donors (Lipinski definition) is 1. The molecule has 0 aromatic heterocycles. The van der Waals surface area contributed by atoms with Gasteiger partial charge in [-0.05, 0) is 48.9 Å². The molecule has 0 unspecified atom stereocenters. The van der Waals surface area contributed by atoms with Crippen molar-refractivity contribution in [3.8, 4) is 0 Å². The molecule has 0 aliphatic carbocycles. The fraction of sp³-hybridized carbons (Fsp3) is 0.296. The SMILES string of the molecule is Cc1ccc([C@@H](CN2CCOCC2)NC(=O)c2ccc(S(=O)(=O)N(C)c3ccccc3)cc2)cc1. The van der Waals surface area contributed by atoms with Crippen molar-refractivity contribution >= 4 is 21.6 Å². The first kappa shape index (κ1) is 24.9. The topological polar surface area (TPSA) is 79.0 Å². The Morgan fingerprint density at radius 1 is 0.971 bits per heavy atom. The van der Waals surface area contributed by atoms with Crippen molar-refractivity contribution in [2.45, 2.75) is 17.9 Å². The molecule has 8 heteroatoms. The van der Waals surface area contributed by atoms with Gasteiger partial charge in [-0.3, -0.25) is 14.0 Å². The zero-order valence-electron chi connectivity index (χ0n) is 20.1. The number of morpholine rings is 1. The first-order valence-corrected chi connectivity index (χ1v) is 13.1. The minimum atomic E-state index is -3.74. The number of sulfonamides is 1. The number of amides is 1. The number of nitrogens with zero attached hydrogens (tertiary/aromatic N) is 2. The molecule has 1 saturated heterocycles. The molecule has 1 amide bonds. The zero-order chi connectivity index (χ0) is 24.8. The lowest BCUT2D eigenvalue weighted by Gasteiger charge is -2.31. The molecular formula is C27H31N3O4S. The molecule has 1 fully saturated rings. The van der Waals surface area contributed by atoms with Gasteiger partial charge in [0.2, 0.25) is 0 Å². The highest BCUT2D eigenvalue weighted by atomic mass is 32.2. The Bertz CT molecular complexity index is 1220. The molecule has 0 spiro atoms. The lowest BCUT2D eigenvalue weighted by molar-refractivity contribution is 0.0332. The summed E-state index contributed by atoms with van der Waals surface area (Å²) in [6.45, 7) is 5.71. The lowest BCUT2D eigenvalue weighted by atomic mass is 10.0. The van der Waals surface area contributed by atoms with Crippen LogP contribution < -0.4 is 9.62 Å². The van der Waals surface area contributed by atoms with Crippen molar-refractivity contribution in [3.63, 3.8) is 0 Å². The molecule has 4 rings (SSSR count). The maximum absolute atomic E-state index is 13.1. The molecule has 1 N–H and O–H groups in total. The Hall–Kier alpha value is -3.20. The van der Waals surface area contributed by atoms with E-state index in [4.69, 9.17) is 4.74 Å². The maximum Gasteiger partial charge on any atom is 0.264 e. The number of rotatable bonds is 8. The third-order valence-electron chi connectivity index (χ3n) is 6.22. The van der Waals surface area contributed by atoms with Crippen LogP contribution in [0.25, 0.3) is 0 Å². The molecule has 0 radical (unpaired) electrons. The first-order valence-electron chi connectivity index (χ1n) is 11.7. The van der Waals surface area contributed by atoms with E-state index in [2.05, 4.69) is 10.2 Å². The number of hydrogen-bond acceptors (Lipinski definition) is 5. The first-order chi connectivity index (χ1) is 16.8. The maximum atomic E-state index is 13.1. The van der Waals surface area contributed by atoms with Crippen LogP contribution in [0, 0.1) is 6.92 Å². The Balaban J connectivity index is 1.50. The molecule has 0 saturated carbocycles. The molecule has 35 heavy (non-hydrogen) atoms. The third kappa shape index (κ3) is 6.08. The van der Waals surface area contributed by atoms with Crippen LogP contribution >= 0.6 is 0 Å². The largest absolute Gasteiger partial charge is 0.379 e. The highest BCUT2D eigenvalue weighted by molar-refractivity contribution is 7.92. The van der Waals surface area contributed by atoms with E-state index in [1.807, 2.05) is 37.3 Å². The number of aryl methyl sites for hydroxylation is 1. The van der Waals surface area contributed by atoms with Gasteiger partial charge in [0.25, 0.3) is 15.9 Å². The standard InChI is InChI=1S/C27H31N3O4S/c1-21-8-10-22(11-9-21)26(20-30-16-18-34-19-17-30)28-27(31)23-12-14-25(15-13-23)35(32,33)29(2)24-6-4-3-5-7-24/h3-15,26H,16-20H2,1-2H3,(H,28,31)/t26-/m1/s1. The summed E-state index contributed by atoms with van der Waals surface area (Å²) in [4.78, 5) is 15.5. The predicted molar refractivity (Wildman–Crippen MR) is 137 cm³/mol. The van der Waals surface area contributed by atoms with Crippen molar-refractivity contribution in [2.24, 2.45) is 0 Å². The van der Waals surface area contributed by atoms with Crippen LogP contribution in [0.5, 0.6) is 0 Å². The van der Waals surface area contributed by atoms with Crippen LogP contribution in [0.15, 0.2) is 83.8 Å². The molecule has 1 aliphatic heterocycles. The normalized spacial score (nSPS) is 15.4. The molecule has 7 nitrogen and oxygen atoms in total. The van der Waals surface area contributed by atoms with Crippen molar-refractivity contribution in [3.05, 3.63) is 95.6 Å². The molecule has 1 aliphatic rings. The minimum absolute atomic E-state index is 0.129. The van der Waals surface area contributed by atoms with Gasteiger partial charge in [0.05, 0.1) is 29.8 Å². The summed E-state index contributed by atoms with van der Waals surface area (Å²) in [6.07, 6.45) is 0. The Labute approximate surface area is 207 Å². The van der Waals surface area contributed by atoms with Gasteiger partial charge >= 0.3 is 0 Å². The number of nitrogens with one attached hydrogen (secondary N) is 1. The lowest BCUT2D eigenvalue weighted by Crippen LogP contribution is -2.43. The smallest absolute Gasteiger partial charge is 0.264 e. The Kier molecular flexibility index (Phi) is 7.85. The van der Waals surface area contributed by atoms with Gasteiger partial charge in [-0.15, -0.1) is 0 Å². The van der Waals surface area contributed by atoms with E-state index in [9.17, 15) is 13.2 Å². The van der Waals surface area contributed by atoms with Gasteiger partial charge in [-0.25, -0.2) is 8.42 Å². The van der Waals surface area contributed by atoms with Crippen molar-refractivity contribution in [1.29, 1.82) is 0 Å². The third-order valence-corrected chi connectivity index (χ3v) is 8.02. The fourth-order valence-corrected chi connectivity index (χ4v) is 5.23. The van der Waals surface area contributed by atoms with E-state index in [1.54, 1.807) is 36.4 Å². The van der Waals surface area contributed by atoms with Gasteiger partial charge in [0.15, 0.2) is 0 Å². The van der Waals surface area contributed by atoms with E-state index in [0.29, 0.717) is 31.0 Å². The van der Waals surface area contributed by atoms with Gasteiger partial charge in [0, 0.05) is 32.2 Å². The average molecular weight is 494 g/mol. The number of anilines is 1. The monoisotopic (exact) mass is 493 g/mol. The number of para-hydroxylation sites is 1. The molecule has 3 aromatic rings. The van der Waals surface area contributed by atoms with Crippen molar-refractivity contribution < 1.29 is 17.9 Å². The summed E-state index contributed by atoms with van der Waals surface area (Å²) >= 11 is 0. The molecule has 0 bridgehead atoms. The zero-order valence-corrected chi connectivity index (χ0v) is 20.9. The summed E-state index contributed by atoms with van der Waals surface area (Å²) in [7, 11) is -2.22. The average Bonchev–Trinajstić information content (AvgIpc) is 2.89. The van der Waals surface area contributed by atoms with Crippen LogP contribution in [0.1, 0.15) is 27.5 Å². The van der Waals surface area contributed by atoms with E-state index in [1.165, 1.54) is 23.5 Å². The fourth-order valence-electron chi connectivity index (χ4n) is 4.03. The highest BCUT2D eigenvalue weighted by Crippen LogP contribution is 2.22. The predicted octanol–water partition coefficient (Wildman–Crippen LogP) is 3.62. The molecule has 184 valence electrons. The highest BCUT2D eigenvalue weighted by Gasteiger charge is 2.23. The summed E-state index contributed by atoms with van der Waals surface area (Å²) < 4.78 is 32.8. The summed E-state index contributed by atoms with van der Waals surface area (Å²) in [6, 6.07) is 22.9. The summed E-state index contributed by atoms with van der Waals surface area (Å²) in [5, 5.41) is 3.14. The molecule has 1 atom stereocenters. The van der Waals surface area contributed by atoms with Crippen LogP contribution in [0.3, 0.4) is 0 Å². The number of benzene rings is 3. The van der Waals surface area contributed by atoms with Crippen LogP contribution in [0.4, 0.5) is 5.69 Å². The number of ether oxygens (including phenoxy) is 1. The second-order valence-corrected chi connectivity index (χ2v) is 10.7. The van der Waals surface area contributed by atoms with Crippen LogP contribution in [0.2, 0.25) is 0 Å². The van der Waals surface area contributed by atoms with Crippen molar-refractivity contribution in [2.75, 3.05) is 44.2 Å². The quantitative estimate of drug-likeness (QED) is 0.519. The van der Waals surface area contributed by atoms with Crippen LogP contribution in [-0.2, 0) is 14.8 Å². The Morgan fingerprint density at radius 3 is 2.23 bits per heavy atom.